The Labute approximate surface area is 157 Å². The van der Waals surface area contributed by atoms with Gasteiger partial charge in [-0.05, 0) is 68.7 Å². The summed E-state index contributed by atoms with van der Waals surface area (Å²) in [5.74, 6) is -0.411. The zero-order valence-corrected chi connectivity index (χ0v) is 15.7. The van der Waals surface area contributed by atoms with Crippen molar-refractivity contribution in [1.82, 2.24) is 4.90 Å². The van der Waals surface area contributed by atoms with Crippen LogP contribution < -0.4 is 0 Å². The first-order valence-corrected chi connectivity index (χ1v) is 8.80. The SMILES string of the molecule is CC(C)(C)OC(=O)N1CCc2ccc(F)cc2C1c1cc(Cl)ccc1O. The molecule has 1 aliphatic heterocycles. The van der Waals surface area contributed by atoms with Gasteiger partial charge in [-0.1, -0.05) is 17.7 Å². The third-order valence-corrected chi connectivity index (χ3v) is 4.48. The van der Waals surface area contributed by atoms with E-state index in [1.54, 1.807) is 39.0 Å². The molecule has 0 fully saturated rings. The number of hydrogen-bond acceptors (Lipinski definition) is 3. The molecular weight excluding hydrogens is 357 g/mol. The van der Waals surface area contributed by atoms with Crippen molar-refractivity contribution in [2.75, 3.05) is 6.54 Å². The number of amides is 1. The first-order valence-electron chi connectivity index (χ1n) is 8.42. The summed E-state index contributed by atoms with van der Waals surface area (Å²) < 4.78 is 19.5. The quantitative estimate of drug-likeness (QED) is 0.755. The lowest BCUT2D eigenvalue weighted by atomic mass is 9.88. The van der Waals surface area contributed by atoms with Crippen molar-refractivity contribution in [3.05, 3.63) is 63.9 Å². The maximum atomic E-state index is 13.9. The molecule has 1 unspecified atom stereocenters. The summed E-state index contributed by atoms with van der Waals surface area (Å²) in [6.45, 7) is 5.75. The van der Waals surface area contributed by atoms with Gasteiger partial charge >= 0.3 is 6.09 Å². The van der Waals surface area contributed by atoms with E-state index >= 15 is 0 Å². The number of ether oxygens (including phenoxy) is 1. The van der Waals surface area contributed by atoms with Gasteiger partial charge in [0.05, 0.1) is 6.04 Å². The Morgan fingerprint density at radius 3 is 2.65 bits per heavy atom. The summed E-state index contributed by atoms with van der Waals surface area (Å²) in [7, 11) is 0. The number of nitrogens with zero attached hydrogens (tertiary/aromatic N) is 1. The van der Waals surface area contributed by atoms with E-state index in [2.05, 4.69) is 0 Å². The van der Waals surface area contributed by atoms with Gasteiger partial charge in [0.2, 0.25) is 0 Å². The van der Waals surface area contributed by atoms with Crippen LogP contribution in [0, 0.1) is 5.82 Å². The largest absolute Gasteiger partial charge is 0.508 e. The highest BCUT2D eigenvalue weighted by molar-refractivity contribution is 6.30. The molecule has 0 bridgehead atoms. The Balaban J connectivity index is 2.13. The monoisotopic (exact) mass is 377 g/mol. The Bertz CT molecular complexity index is 847. The fourth-order valence-electron chi connectivity index (χ4n) is 3.18. The molecule has 6 heteroatoms. The van der Waals surface area contributed by atoms with Crippen molar-refractivity contribution >= 4 is 17.7 Å². The van der Waals surface area contributed by atoms with Crippen LogP contribution in [-0.4, -0.2) is 28.2 Å². The molecule has 0 saturated heterocycles. The molecule has 1 heterocycles. The van der Waals surface area contributed by atoms with Gasteiger partial charge in [0, 0.05) is 17.1 Å². The van der Waals surface area contributed by atoms with E-state index in [9.17, 15) is 14.3 Å². The lowest BCUT2D eigenvalue weighted by molar-refractivity contribution is 0.0176. The van der Waals surface area contributed by atoms with Crippen LogP contribution in [0.25, 0.3) is 0 Å². The molecule has 138 valence electrons. The summed E-state index contributed by atoms with van der Waals surface area (Å²) in [6.07, 6.45) is 0.0592. The molecule has 1 atom stereocenters. The highest BCUT2D eigenvalue weighted by atomic mass is 35.5. The van der Waals surface area contributed by atoms with Gasteiger partial charge in [-0.3, -0.25) is 4.90 Å². The average Bonchev–Trinajstić information content (AvgIpc) is 2.54. The number of phenols is 1. The zero-order valence-electron chi connectivity index (χ0n) is 14.9. The van der Waals surface area contributed by atoms with Crippen LogP contribution in [0.3, 0.4) is 0 Å². The first kappa shape index (κ1) is 18.5. The Hall–Kier alpha value is -2.27. The van der Waals surface area contributed by atoms with Crippen molar-refractivity contribution in [3.8, 4) is 5.75 Å². The minimum atomic E-state index is -0.678. The summed E-state index contributed by atoms with van der Waals surface area (Å²) >= 11 is 6.11. The van der Waals surface area contributed by atoms with Gasteiger partial charge in [-0.15, -0.1) is 0 Å². The standard InChI is InChI=1S/C20H21ClFNO3/c1-20(2,3)26-19(25)23-9-8-12-4-6-14(22)11-15(12)18(23)16-10-13(21)5-7-17(16)24/h4-7,10-11,18,24H,8-9H2,1-3H3. The number of hydrogen-bond donors (Lipinski definition) is 1. The van der Waals surface area contributed by atoms with Gasteiger partial charge in [-0.2, -0.15) is 0 Å². The van der Waals surface area contributed by atoms with Crippen LogP contribution in [0.4, 0.5) is 9.18 Å². The molecule has 26 heavy (non-hydrogen) atoms. The molecule has 1 N–H and O–H groups in total. The molecule has 0 aliphatic carbocycles. The second-order valence-electron chi connectivity index (χ2n) is 7.37. The number of benzene rings is 2. The Morgan fingerprint density at radius 2 is 1.96 bits per heavy atom. The van der Waals surface area contributed by atoms with E-state index < -0.39 is 23.6 Å². The number of carbonyl (C=O) groups is 1. The van der Waals surface area contributed by atoms with Gasteiger partial charge in [0.1, 0.15) is 17.2 Å². The van der Waals surface area contributed by atoms with Crippen molar-refractivity contribution in [2.45, 2.75) is 38.8 Å². The van der Waals surface area contributed by atoms with Crippen LogP contribution in [0.1, 0.15) is 43.5 Å². The van der Waals surface area contributed by atoms with Crippen LogP contribution in [-0.2, 0) is 11.2 Å². The summed E-state index contributed by atoms with van der Waals surface area (Å²) in [5.41, 5.74) is 1.32. The summed E-state index contributed by atoms with van der Waals surface area (Å²) in [4.78, 5) is 14.3. The fourth-order valence-corrected chi connectivity index (χ4v) is 3.36. The van der Waals surface area contributed by atoms with Crippen LogP contribution in [0.2, 0.25) is 5.02 Å². The van der Waals surface area contributed by atoms with Crippen molar-refractivity contribution < 1.29 is 19.0 Å². The number of phenolic OH excluding ortho intramolecular Hbond substituents is 1. The van der Waals surface area contributed by atoms with Crippen molar-refractivity contribution in [3.63, 3.8) is 0 Å². The minimum absolute atomic E-state index is 0.00919. The molecule has 3 rings (SSSR count). The smallest absolute Gasteiger partial charge is 0.411 e. The van der Waals surface area contributed by atoms with E-state index in [4.69, 9.17) is 16.3 Å². The van der Waals surface area contributed by atoms with Gasteiger partial charge in [-0.25, -0.2) is 9.18 Å². The normalized spacial score (nSPS) is 17.0. The van der Waals surface area contributed by atoms with Gasteiger partial charge in [0.15, 0.2) is 0 Å². The van der Waals surface area contributed by atoms with E-state index in [1.807, 2.05) is 0 Å². The molecule has 0 saturated carbocycles. The third kappa shape index (κ3) is 3.78. The zero-order chi connectivity index (χ0) is 19.1. The minimum Gasteiger partial charge on any atom is -0.508 e. The van der Waals surface area contributed by atoms with Gasteiger partial charge < -0.3 is 9.84 Å². The topological polar surface area (TPSA) is 49.8 Å². The molecule has 1 amide bonds. The maximum Gasteiger partial charge on any atom is 0.411 e. The molecule has 1 aliphatic rings. The molecule has 0 radical (unpaired) electrons. The van der Waals surface area contributed by atoms with Crippen LogP contribution in [0.5, 0.6) is 5.75 Å². The molecular formula is C20H21ClFNO3. The Kier molecular flexibility index (Phi) is 4.84. The first-order chi connectivity index (χ1) is 12.2. The maximum absolute atomic E-state index is 13.9. The molecule has 0 aromatic heterocycles. The van der Waals surface area contributed by atoms with E-state index in [0.29, 0.717) is 29.1 Å². The van der Waals surface area contributed by atoms with Gasteiger partial charge in [0.25, 0.3) is 0 Å². The van der Waals surface area contributed by atoms with E-state index in [1.165, 1.54) is 23.1 Å². The number of rotatable bonds is 1. The summed E-state index contributed by atoms with van der Waals surface area (Å²) in [5, 5.41) is 10.8. The van der Waals surface area contributed by atoms with E-state index in [-0.39, 0.29) is 5.75 Å². The number of carbonyl (C=O) groups excluding carboxylic acids is 1. The fraction of sp³-hybridized carbons (Fsp3) is 0.350. The third-order valence-electron chi connectivity index (χ3n) is 4.25. The average molecular weight is 378 g/mol. The van der Waals surface area contributed by atoms with E-state index in [0.717, 1.165) is 5.56 Å². The number of fused-ring (bicyclic) bond motifs is 1. The van der Waals surface area contributed by atoms with Crippen LogP contribution in [0.15, 0.2) is 36.4 Å². The highest BCUT2D eigenvalue weighted by Gasteiger charge is 2.36. The molecule has 2 aromatic carbocycles. The molecule has 2 aromatic rings. The summed E-state index contributed by atoms with van der Waals surface area (Å²) in [6, 6.07) is 8.47. The predicted octanol–water partition coefficient (Wildman–Crippen LogP) is 5.07. The molecule has 0 spiro atoms. The number of halogens is 2. The predicted molar refractivity (Wildman–Crippen MR) is 98.0 cm³/mol. The molecule has 4 nitrogen and oxygen atoms in total. The van der Waals surface area contributed by atoms with Crippen molar-refractivity contribution in [2.24, 2.45) is 0 Å². The second-order valence-corrected chi connectivity index (χ2v) is 7.81. The lowest BCUT2D eigenvalue weighted by Gasteiger charge is -2.38. The Morgan fingerprint density at radius 1 is 1.23 bits per heavy atom. The van der Waals surface area contributed by atoms with Crippen LogP contribution >= 0.6 is 11.6 Å². The second kappa shape index (κ2) is 6.80. The van der Waals surface area contributed by atoms with Crippen molar-refractivity contribution in [1.29, 1.82) is 0 Å². The lowest BCUT2D eigenvalue weighted by Crippen LogP contribution is -2.43. The number of aromatic hydroxyl groups is 1. The highest BCUT2D eigenvalue weighted by Crippen LogP contribution is 2.40.